The molecule has 0 aromatic carbocycles. The molecule has 0 aliphatic rings. The van der Waals surface area contributed by atoms with Crippen LogP contribution in [0.2, 0.25) is 0 Å². The van der Waals surface area contributed by atoms with Gasteiger partial charge in [0.25, 0.3) is 0 Å². The maximum absolute atomic E-state index is 10.8. The van der Waals surface area contributed by atoms with Crippen molar-refractivity contribution in [2.45, 2.75) is 77.6 Å². The monoisotopic (exact) mass is 254 g/mol. The fourth-order valence-corrected chi connectivity index (χ4v) is 1.92. The highest BCUT2D eigenvalue weighted by atomic mass is 16.5. The maximum atomic E-state index is 10.8. The van der Waals surface area contributed by atoms with Crippen molar-refractivity contribution < 1.29 is 9.53 Å². The van der Waals surface area contributed by atoms with E-state index in [1.165, 1.54) is 58.5 Å². The Morgan fingerprint density at radius 1 is 0.889 bits per heavy atom. The number of esters is 1. The second kappa shape index (κ2) is 14.3. The van der Waals surface area contributed by atoms with Gasteiger partial charge in [-0.3, -0.25) is 4.79 Å². The molecule has 0 bridgehead atoms. The Hall–Kier alpha value is -0.790. The van der Waals surface area contributed by atoms with E-state index in [1.54, 1.807) is 0 Å². The summed E-state index contributed by atoms with van der Waals surface area (Å²) in [4.78, 5) is 10.8. The number of unbranched alkanes of at least 4 members (excludes halogenated alkanes) is 8. The van der Waals surface area contributed by atoms with E-state index >= 15 is 0 Å². The molecular weight excluding hydrogens is 224 g/mol. The molecule has 0 N–H and O–H groups in total. The number of allylic oxidation sites excluding steroid dienone is 2. The van der Waals surface area contributed by atoms with Crippen LogP contribution in [0.15, 0.2) is 12.2 Å². The Balaban J connectivity index is 3.11. The number of carbonyl (C=O) groups is 1. The second-order valence-corrected chi connectivity index (χ2v) is 4.85. The molecule has 0 rings (SSSR count). The molecule has 0 amide bonds. The molecule has 0 aromatic heterocycles. The fraction of sp³-hybridized carbons (Fsp3) is 0.812. The topological polar surface area (TPSA) is 26.3 Å². The Kier molecular flexibility index (Phi) is 13.6. The van der Waals surface area contributed by atoms with Crippen molar-refractivity contribution in [3.8, 4) is 0 Å². The van der Waals surface area contributed by atoms with Crippen molar-refractivity contribution in [2.24, 2.45) is 0 Å². The van der Waals surface area contributed by atoms with E-state index < -0.39 is 0 Å². The third kappa shape index (κ3) is 13.3. The summed E-state index contributed by atoms with van der Waals surface area (Å²) in [7, 11) is 1.44. The number of hydrogen-bond donors (Lipinski definition) is 0. The van der Waals surface area contributed by atoms with E-state index in [0.717, 1.165) is 12.8 Å². The molecule has 0 radical (unpaired) electrons. The normalized spacial score (nSPS) is 11.0. The number of rotatable bonds is 12. The molecule has 0 saturated carbocycles. The summed E-state index contributed by atoms with van der Waals surface area (Å²) in [5, 5.41) is 0. The number of ether oxygens (including phenoxy) is 1. The van der Waals surface area contributed by atoms with Crippen molar-refractivity contribution in [1.82, 2.24) is 0 Å². The quantitative estimate of drug-likeness (QED) is 0.277. The van der Waals surface area contributed by atoms with E-state index in [-0.39, 0.29) is 5.97 Å². The highest BCUT2D eigenvalue weighted by molar-refractivity contribution is 5.68. The van der Waals surface area contributed by atoms with E-state index in [4.69, 9.17) is 0 Å². The summed E-state index contributed by atoms with van der Waals surface area (Å²) >= 11 is 0. The zero-order chi connectivity index (χ0) is 13.5. The molecule has 0 fully saturated rings. The van der Waals surface area contributed by atoms with Gasteiger partial charge in [0, 0.05) is 6.42 Å². The molecule has 18 heavy (non-hydrogen) atoms. The van der Waals surface area contributed by atoms with Crippen molar-refractivity contribution in [3.05, 3.63) is 12.2 Å². The van der Waals surface area contributed by atoms with Crippen LogP contribution in [0.4, 0.5) is 0 Å². The first-order valence-electron chi connectivity index (χ1n) is 7.53. The van der Waals surface area contributed by atoms with Crippen LogP contribution in [-0.2, 0) is 9.53 Å². The Morgan fingerprint density at radius 3 is 2.06 bits per heavy atom. The minimum Gasteiger partial charge on any atom is -0.469 e. The van der Waals surface area contributed by atoms with Crippen molar-refractivity contribution >= 4 is 5.97 Å². The van der Waals surface area contributed by atoms with Crippen LogP contribution in [0.5, 0.6) is 0 Å². The highest BCUT2D eigenvalue weighted by Gasteiger charge is 1.96. The minimum absolute atomic E-state index is 0.101. The summed E-state index contributed by atoms with van der Waals surface area (Å²) in [6.45, 7) is 2.25. The van der Waals surface area contributed by atoms with Crippen LogP contribution in [0.25, 0.3) is 0 Å². The molecule has 0 saturated heterocycles. The molecular formula is C16H30O2. The molecule has 0 heterocycles. The Morgan fingerprint density at radius 2 is 1.44 bits per heavy atom. The smallest absolute Gasteiger partial charge is 0.305 e. The zero-order valence-electron chi connectivity index (χ0n) is 12.2. The predicted molar refractivity (Wildman–Crippen MR) is 77.6 cm³/mol. The highest BCUT2D eigenvalue weighted by Crippen LogP contribution is 2.09. The first-order chi connectivity index (χ1) is 8.81. The third-order valence-electron chi connectivity index (χ3n) is 3.12. The molecule has 0 spiro atoms. The van der Waals surface area contributed by atoms with Crippen molar-refractivity contribution in [1.29, 1.82) is 0 Å². The number of hydrogen-bond acceptors (Lipinski definition) is 2. The second-order valence-electron chi connectivity index (χ2n) is 4.85. The summed E-state index contributed by atoms with van der Waals surface area (Å²) in [6, 6.07) is 0. The molecule has 0 aliphatic heterocycles. The van der Waals surface area contributed by atoms with E-state index in [0.29, 0.717) is 6.42 Å². The standard InChI is InChI=1S/C16H30O2/c1-3-4-5-6-7-8-9-10-11-12-13-14-15-16(17)18-2/h11-12H,3-10,13-15H2,1-2H3. The maximum Gasteiger partial charge on any atom is 0.305 e. The fourth-order valence-electron chi connectivity index (χ4n) is 1.92. The van der Waals surface area contributed by atoms with Crippen LogP contribution in [0.1, 0.15) is 77.6 Å². The van der Waals surface area contributed by atoms with Crippen LogP contribution >= 0.6 is 0 Å². The lowest BCUT2D eigenvalue weighted by Gasteiger charge is -1.99. The lowest BCUT2D eigenvalue weighted by Crippen LogP contribution is -1.98. The molecule has 0 unspecified atom stereocenters. The number of carbonyl (C=O) groups excluding carboxylic acids is 1. The van der Waals surface area contributed by atoms with Gasteiger partial charge in [0.2, 0.25) is 0 Å². The summed E-state index contributed by atoms with van der Waals surface area (Å²) in [5.41, 5.74) is 0. The predicted octanol–water partition coefficient (Wildman–Crippen LogP) is 5.03. The van der Waals surface area contributed by atoms with E-state index in [1.807, 2.05) is 0 Å². The van der Waals surface area contributed by atoms with E-state index in [9.17, 15) is 4.79 Å². The zero-order valence-corrected chi connectivity index (χ0v) is 12.2. The van der Waals surface area contributed by atoms with Gasteiger partial charge in [0.1, 0.15) is 0 Å². The Labute approximate surface area is 113 Å². The van der Waals surface area contributed by atoms with Crippen LogP contribution < -0.4 is 0 Å². The SMILES string of the molecule is CCCCCCCCCC=CCCCC(=O)OC. The molecule has 106 valence electrons. The van der Waals surface area contributed by atoms with Gasteiger partial charge in [0.05, 0.1) is 7.11 Å². The first kappa shape index (κ1) is 17.2. The van der Waals surface area contributed by atoms with Crippen molar-refractivity contribution in [3.63, 3.8) is 0 Å². The molecule has 2 nitrogen and oxygen atoms in total. The van der Waals surface area contributed by atoms with Gasteiger partial charge in [-0.15, -0.1) is 0 Å². The summed E-state index contributed by atoms with van der Waals surface area (Å²) in [6.07, 6.45) is 17.6. The molecule has 0 aromatic rings. The van der Waals surface area contributed by atoms with Crippen LogP contribution in [-0.4, -0.2) is 13.1 Å². The minimum atomic E-state index is -0.101. The average Bonchev–Trinajstić information content (AvgIpc) is 2.39. The molecule has 2 heteroatoms. The van der Waals surface area contributed by atoms with Gasteiger partial charge in [-0.25, -0.2) is 0 Å². The summed E-state index contributed by atoms with van der Waals surface area (Å²) in [5.74, 6) is -0.101. The van der Waals surface area contributed by atoms with Crippen molar-refractivity contribution in [2.75, 3.05) is 7.11 Å². The van der Waals surface area contributed by atoms with Gasteiger partial charge in [-0.2, -0.15) is 0 Å². The van der Waals surface area contributed by atoms with Gasteiger partial charge in [0.15, 0.2) is 0 Å². The largest absolute Gasteiger partial charge is 0.469 e. The van der Waals surface area contributed by atoms with Crippen LogP contribution in [0, 0.1) is 0 Å². The summed E-state index contributed by atoms with van der Waals surface area (Å²) < 4.78 is 4.59. The molecule has 0 aliphatic carbocycles. The lowest BCUT2D eigenvalue weighted by molar-refractivity contribution is -0.140. The third-order valence-corrected chi connectivity index (χ3v) is 3.12. The van der Waals surface area contributed by atoms with Gasteiger partial charge in [-0.1, -0.05) is 57.6 Å². The Bertz CT molecular complexity index is 209. The van der Waals surface area contributed by atoms with Gasteiger partial charge < -0.3 is 4.74 Å². The van der Waals surface area contributed by atoms with Gasteiger partial charge >= 0.3 is 5.97 Å². The first-order valence-corrected chi connectivity index (χ1v) is 7.53. The lowest BCUT2D eigenvalue weighted by atomic mass is 10.1. The number of methoxy groups -OCH3 is 1. The average molecular weight is 254 g/mol. The van der Waals surface area contributed by atoms with Gasteiger partial charge in [-0.05, 0) is 25.7 Å². The van der Waals surface area contributed by atoms with Crippen LogP contribution in [0.3, 0.4) is 0 Å². The molecule has 0 atom stereocenters. The van der Waals surface area contributed by atoms with E-state index in [2.05, 4.69) is 23.8 Å².